The quantitative estimate of drug-likeness (QED) is 0.180. The largest absolute Gasteiger partial charge is 1.00 e. The van der Waals surface area contributed by atoms with E-state index in [1.54, 1.807) is 12.1 Å². The number of halogens is 3. The second-order valence-electron chi connectivity index (χ2n) is 8.73. The molecule has 0 aliphatic heterocycles. The lowest BCUT2D eigenvalue weighted by molar-refractivity contribution is -0.890. The lowest BCUT2D eigenvalue weighted by Gasteiger charge is -2.30. The zero-order chi connectivity index (χ0) is 21.7. The first-order valence-corrected chi connectivity index (χ1v) is 12.0. The van der Waals surface area contributed by atoms with Crippen LogP contribution in [-0.4, -0.2) is 44.1 Å². The van der Waals surface area contributed by atoms with Gasteiger partial charge in [0.1, 0.15) is 18.9 Å². The Bertz CT molecular complexity index is 623. The predicted octanol–water partition coefficient (Wildman–Crippen LogP) is 4.58. The van der Waals surface area contributed by atoms with E-state index >= 15 is 0 Å². The molecule has 0 aromatic heterocycles. The van der Waals surface area contributed by atoms with Gasteiger partial charge in [0, 0.05) is 5.02 Å². The number of nitrogens with zero attached hydrogens (tertiary/aromatic N) is 1. The molecular formula is C24H40BrCl2NO2. The highest BCUT2D eigenvalue weighted by molar-refractivity contribution is 6.36. The van der Waals surface area contributed by atoms with Crippen LogP contribution < -0.4 is 21.7 Å². The van der Waals surface area contributed by atoms with Gasteiger partial charge in [-0.05, 0) is 31.9 Å². The molecule has 0 aliphatic carbocycles. The fraction of sp³-hybridized carbons (Fsp3) is 0.708. The first kappa shape index (κ1) is 29.7. The molecule has 0 amide bonds. The maximum absolute atomic E-state index is 11.8. The Hall–Kier alpha value is -0.290. The van der Waals surface area contributed by atoms with Crippen LogP contribution in [-0.2, 0) is 0 Å². The zero-order valence-electron chi connectivity index (χ0n) is 19.2. The summed E-state index contributed by atoms with van der Waals surface area (Å²) < 4.78 is 6.79. The molecule has 0 bridgehead atoms. The summed E-state index contributed by atoms with van der Waals surface area (Å²) in [6.45, 7) is 6.29. The van der Waals surface area contributed by atoms with E-state index in [9.17, 15) is 4.79 Å². The SMILES string of the molecule is CCCCCCCCCCCC[N+](C)(C)CCOc1c(Cl)cc(Cl)cc1C(C)=O.[Br-]. The first-order chi connectivity index (χ1) is 13.8. The van der Waals surface area contributed by atoms with Gasteiger partial charge in [-0.15, -0.1) is 0 Å². The van der Waals surface area contributed by atoms with Crippen molar-refractivity contribution < 1.29 is 31.0 Å². The van der Waals surface area contributed by atoms with Crippen molar-refractivity contribution in [3.05, 3.63) is 27.7 Å². The van der Waals surface area contributed by atoms with Crippen molar-refractivity contribution >= 4 is 29.0 Å². The molecule has 0 aliphatic rings. The molecule has 0 fully saturated rings. The number of benzene rings is 1. The number of Topliss-reactive ketones (excluding diaryl/α,β-unsaturated/α-hetero) is 1. The third-order valence-electron chi connectivity index (χ3n) is 5.45. The Balaban J connectivity index is 0.00000841. The van der Waals surface area contributed by atoms with Crippen molar-refractivity contribution in [1.82, 2.24) is 0 Å². The number of rotatable bonds is 16. The predicted molar refractivity (Wildman–Crippen MR) is 126 cm³/mol. The number of hydrogen-bond donors (Lipinski definition) is 0. The second kappa shape index (κ2) is 16.4. The molecule has 0 radical (unpaired) electrons. The number of quaternary nitrogens is 1. The molecular weight excluding hydrogens is 485 g/mol. The number of ether oxygens (including phenoxy) is 1. The highest BCUT2D eigenvalue weighted by atomic mass is 79.9. The van der Waals surface area contributed by atoms with Gasteiger partial charge in [0.25, 0.3) is 0 Å². The Labute approximate surface area is 204 Å². The molecule has 30 heavy (non-hydrogen) atoms. The maximum atomic E-state index is 11.8. The minimum absolute atomic E-state index is 0. The molecule has 1 rings (SSSR count). The highest BCUT2D eigenvalue weighted by Gasteiger charge is 2.18. The Morgan fingerprint density at radius 2 is 1.43 bits per heavy atom. The minimum atomic E-state index is -0.0940. The van der Waals surface area contributed by atoms with Crippen molar-refractivity contribution in [3.8, 4) is 5.75 Å². The van der Waals surface area contributed by atoms with Gasteiger partial charge in [-0.1, -0.05) is 81.5 Å². The third-order valence-corrected chi connectivity index (χ3v) is 5.95. The Morgan fingerprint density at radius 3 is 1.97 bits per heavy atom. The molecule has 0 heterocycles. The van der Waals surface area contributed by atoms with Crippen LogP contribution in [0.15, 0.2) is 12.1 Å². The average Bonchev–Trinajstić information content (AvgIpc) is 2.64. The summed E-state index contributed by atoms with van der Waals surface area (Å²) in [5.41, 5.74) is 0.447. The summed E-state index contributed by atoms with van der Waals surface area (Å²) in [6.07, 6.45) is 13.5. The highest BCUT2D eigenvalue weighted by Crippen LogP contribution is 2.32. The Kier molecular flexibility index (Phi) is 16.2. The molecule has 1 aromatic rings. The normalized spacial score (nSPS) is 11.3. The van der Waals surface area contributed by atoms with Crippen molar-refractivity contribution in [2.45, 2.75) is 78.1 Å². The fourth-order valence-electron chi connectivity index (χ4n) is 3.50. The van der Waals surface area contributed by atoms with E-state index in [4.69, 9.17) is 27.9 Å². The summed E-state index contributed by atoms with van der Waals surface area (Å²) in [6, 6.07) is 3.24. The minimum Gasteiger partial charge on any atom is -1.00 e. The van der Waals surface area contributed by atoms with E-state index in [-0.39, 0.29) is 22.8 Å². The molecule has 0 atom stereocenters. The van der Waals surface area contributed by atoms with Crippen LogP contribution in [0.1, 0.15) is 88.4 Å². The van der Waals surface area contributed by atoms with Crippen LogP contribution >= 0.6 is 23.2 Å². The Morgan fingerprint density at radius 1 is 0.900 bits per heavy atom. The van der Waals surface area contributed by atoms with E-state index < -0.39 is 0 Å². The van der Waals surface area contributed by atoms with Crippen molar-refractivity contribution in [2.75, 3.05) is 33.8 Å². The zero-order valence-corrected chi connectivity index (χ0v) is 22.3. The number of hydrogen-bond acceptors (Lipinski definition) is 2. The third kappa shape index (κ3) is 12.5. The van der Waals surface area contributed by atoms with Crippen LogP contribution in [0.5, 0.6) is 5.75 Å². The number of ketones is 1. The lowest BCUT2D eigenvalue weighted by atomic mass is 10.1. The van der Waals surface area contributed by atoms with Gasteiger partial charge >= 0.3 is 0 Å². The van der Waals surface area contributed by atoms with Crippen molar-refractivity contribution in [1.29, 1.82) is 0 Å². The first-order valence-electron chi connectivity index (χ1n) is 11.2. The van der Waals surface area contributed by atoms with Gasteiger partial charge in [-0.25, -0.2) is 0 Å². The van der Waals surface area contributed by atoms with Crippen molar-refractivity contribution in [3.63, 3.8) is 0 Å². The number of likely N-dealkylation sites (N-methyl/N-ethyl adjacent to an activating group) is 1. The monoisotopic (exact) mass is 523 g/mol. The van der Waals surface area contributed by atoms with Crippen LogP contribution in [0.4, 0.5) is 0 Å². The fourth-order valence-corrected chi connectivity index (χ4v) is 4.05. The van der Waals surface area contributed by atoms with Crippen LogP contribution in [0, 0.1) is 0 Å². The van der Waals surface area contributed by atoms with Crippen LogP contribution in [0.2, 0.25) is 10.0 Å². The summed E-state index contributed by atoms with van der Waals surface area (Å²) in [5.74, 6) is 0.353. The lowest BCUT2D eigenvalue weighted by Crippen LogP contribution is -3.00. The topological polar surface area (TPSA) is 26.3 Å². The van der Waals surface area contributed by atoms with E-state index in [1.165, 1.54) is 71.1 Å². The summed E-state index contributed by atoms with van der Waals surface area (Å²) >= 11 is 12.2. The smallest absolute Gasteiger partial charge is 0.163 e. The summed E-state index contributed by atoms with van der Waals surface area (Å²) in [7, 11) is 4.46. The number of carbonyl (C=O) groups is 1. The maximum Gasteiger partial charge on any atom is 0.163 e. The molecule has 0 N–H and O–H groups in total. The average molecular weight is 525 g/mol. The number of unbranched alkanes of at least 4 members (excludes halogenated alkanes) is 9. The van der Waals surface area contributed by atoms with E-state index in [0.717, 1.165) is 17.6 Å². The second-order valence-corrected chi connectivity index (χ2v) is 9.58. The molecule has 0 unspecified atom stereocenters. The van der Waals surface area contributed by atoms with E-state index in [2.05, 4.69) is 21.0 Å². The van der Waals surface area contributed by atoms with Gasteiger partial charge in [-0.2, -0.15) is 0 Å². The molecule has 1 aromatic carbocycles. The summed E-state index contributed by atoms with van der Waals surface area (Å²) in [4.78, 5) is 11.8. The standard InChI is InChI=1S/C24H40Cl2NO2.BrH/c1-5-6-7-8-9-10-11-12-13-14-15-27(3,4)16-17-29-24-22(20(2)28)18-21(25)19-23(24)26;/h18-19H,5-17H2,1-4H3;1H/q+1;/p-1. The van der Waals surface area contributed by atoms with Gasteiger partial charge < -0.3 is 26.2 Å². The van der Waals surface area contributed by atoms with Crippen molar-refractivity contribution in [2.24, 2.45) is 0 Å². The molecule has 0 saturated carbocycles. The molecule has 174 valence electrons. The molecule has 0 spiro atoms. The van der Waals surface area contributed by atoms with Crippen LogP contribution in [0.25, 0.3) is 0 Å². The van der Waals surface area contributed by atoms with Crippen LogP contribution in [0.3, 0.4) is 0 Å². The van der Waals surface area contributed by atoms with E-state index in [1.807, 2.05) is 0 Å². The van der Waals surface area contributed by atoms with Gasteiger partial charge in [0.2, 0.25) is 0 Å². The van der Waals surface area contributed by atoms with Gasteiger partial charge in [-0.3, -0.25) is 4.79 Å². The molecule has 3 nitrogen and oxygen atoms in total. The molecule has 6 heteroatoms. The number of carbonyl (C=O) groups excluding carboxylic acids is 1. The molecule has 0 saturated heterocycles. The van der Waals surface area contributed by atoms with Gasteiger partial charge in [0.05, 0.1) is 31.2 Å². The van der Waals surface area contributed by atoms with E-state index in [0.29, 0.717) is 28.0 Å². The summed E-state index contributed by atoms with van der Waals surface area (Å²) in [5, 5.41) is 0.840. The van der Waals surface area contributed by atoms with Gasteiger partial charge in [0.15, 0.2) is 5.78 Å².